The maximum Gasteiger partial charge on any atom is 0.122 e. The Hall–Kier alpha value is -3.26. The predicted octanol–water partition coefficient (Wildman–Crippen LogP) is 17.1. The second-order valence-corrected chi connectivity index (χ2v) is 17.3. The van der Waals surface area contributed by atoms with Gasteiger partial charge in [0, 0.05) is 5.56 Å². The Balaban J connectivity index is 2.26. The zero-order valence-electron chi connectivity index (χ0n) is 37.9. The molecule has 0 aliphatic rings. The predicted molar refractivity (Wildman–Crippen MR) is 246 cm³/mol. The summed E-state index contributed by atoms with van der Waals surface area (Å²) < 4.78 is 0. The number of benzene rings is 1. The first-order chi connectivity index (χ1) is 26.1. The Kier molecular flexibility index (Phi) is 26.3. The van der Waals surface area contributed by atoms with Crippen LogP contribution in [0.15, 0.2) is 99.3 Å². The lowest BCUT2D eigenvalue weighted by Gasteiger charge is -2.10. The topological polar surface area (TPSA) is 40.5 Å². The maximum absolute atomic E-state index is 10.4. The minimum absolute atomic E-state index is 0.256. The van der Waals surface area contributed by atoms with Crippen molar-refractivity contribution in [2.75, 3.05) is 0 Å². The van der Waals surface area contributed by atoms with Crippen LogP contribution in [0.1, 0.15) is 195 Å². The summed E-state index contributed by atoms with van der Waals surface area (Å²) in [5.74, 6) is 1.39. The number of hydrogen-bond acceptors (Lipinski definition) is 2. The molecule has 1 aromatic rings. The van der Waals surface area contributed by atoms with Crippen LogP contribution >= 0.6 is 0 Å². The van der Waals surface area contributed by atoms with E-state index in [1.165, 1.54) is 90.4 Å². The molecule has 0 unspecified atom stereocenters. The van der Waals surface area contributed by atoms with Crippen LogP contribution in [-0.4, -0.2) is 10.2 Å². The fourth-order valence-electron chi connectivity index (χ4n) is 6.91. The molecule has 0 heterocycles. The highest BCUT2D eigenvalue weighted by Gasteiger charge is 2.10. The monoisotopic (exact) mass is 753 g/mol. The number of phenols is 2. The Bertz CT molecular complexity index is 1530. The Morgan fingerprint density at radius 3 is 1.22 bits per heavy atom. The Morgan fingerprint density at radius 1 is 0.473 bits per heavy atom. The van der Waals surface area contributed by atoms with E-state index in [0.29, 0.717) is 12.2 Å². The fraction of sp³-hybridized carbons (Fsp3) is 0.585. The van der Waals surface area contributed by atoms with Crippen LogP contribution in [-0.2, 0) is 6.42 Å². The van der Waals surface area contributed by atoms with Gasteiger partial charge in [-0.1, -0.05) is 107 Å². The molecule has 0 saturated heterocycles. The van der Waals surface area contributed by atoms with Crippen LogP contribution in [0.5, 0.6) is 11.5 Å². The van der Waals surface area contributed by atoms with Crippen LogP contribution < -0.4 is 0 Å². The molecule has 0 aromatic heterocycles. The van der Waals surface area contributed by atoms with Crippen LogP contribution in [0, 0.1) is 19.8 Å². The molecule has 1 atom stereocenters. The molecule has 1 rings (SSSR count). The second-order valence-electron chi connectivity index (χ2n) is 17.3. The summed E-state index contributed by atoms with van der Waals surface area (Å²) in [5.41, 5.74) is 14.1. The van der Waals surface area contributed by atoms with Gasteiger partial charge in [0.2, 0.25) is 0 Å². The fourth-order valence-corrected chi connectivity index (χ4v) is 6.91. The van der Waals surface area contributed by atoms with E-state index in [1.54, 1.807) is 11.6 Å². The second kappa shape index (κ2) is 29.0. The van der Waals surface area contributed by atoms with Gasteiger partial charge >= 0.3 is 0 Å². The summed E-state index contributed by atoms with van der Waals surface area (Å²) in [6.07, 6.45) is 39.8. The van der Waals surface area contributed by atoms with Gasteiger partial charge in [-0.2, -0.15) is 0 Å². The van der Waals surface area contributed by atoms with Crippen molar-refractivity contribution in [2.45, 2.75) is 199 Å². The minimum atomic E-state index is 0.256. The van der Waals surface area contributed by atoms with E-state index in [4.69, 9.17) is 0 Å². The SMILES string of the molecule is CC(C)=CCC[C@H](C)CCC/C(C)=C/CC/C(C)=C/CC/C(C)=C/CC/C(C)=C/CC/C(C)=C/CC/C(C)=C/CC/C(C)=C/Cc1cc(O)c(C)c(C)c1O. The highest BCUT2D eigenvalue weighted by Crippen LogP contribution is 2.32. The molecule has 2 N–H and O–H groups in total. The quantitative estimate of drug-likeness (QED) is 0.0694. The lowest BCUT2D eigenvalue weighted by Crippen LogP contribution is -1.94. The first kappa shape index (κ1) is 49.8. The molecule has 0 fully saturated rings. The van der Waals surface area contributed by atoms with Gasteiger partial charge in [-0.25, -0.2) is 0 Å². The summed E-state index contributed by atoms with van der Waals surface area (Å²) in [6.45, 7) is 26.4. The number of aromatic hydroxyl groups is 2. The molecular weight excluding hydrogens is 669 g/mol. The normalized spacial score (nSPS) is 14.5. The van der Waals surface area contributed by atoms with E-state index in [0.717, 1.165) is 80.4 Å². The zero-order valence-corrected chi connectivity index (χ0v) is 37.9. The largest absolute Gasteiger partial charge is 0.508 e. The molecular formula is C53H84O2. The molecule has 0 aliphatic heterocycles. The van der Waals surface area contributed by atoms with Crippen molar-refractivity contribution >= 4 is 0 Å². The van der Waals surface area contributed by atoms with Gasteiger partial charge in [0.15, 0.2) is 0 Å². The van der Waals surface area contributed by atoms with Crippen molar-refractivity contribution < 1.29 is 10.2 Å². The zero-order chi connectivity index (χ0) is 41.2. The standard InChI is InChI=1S/C53H84O2/c1-40(2)21-13-22-41(3)23-14-24-42(4)25-15-26-43(5)27-16-28-44(6)29-17-30-45(7)31-18-32-46(8)33-19-34-47(9)35-20-36-48(10)37-38-51-39-52(54)49(11)50(12)53(51)55/h21,25,27,29,31,33,35,37,39,41,54-55H,13-20,22-24,26,28,30,32,34,36,38H2,1-12H3/b42-25+,43-27+,44-29+,45-31+,46-33+,47-35+,48-37+/t41-/m0/s1. The average molecular weight is 753 g/mol. The van der Waals surface area contributed by atoms with Crippen LogP contribution in [0.25, 0.3) is 0 Å². The molecule has 308 valence electrons. The minimum Gasteiger partial charge on any atom is -0.508 e. The van der Waals surface area contributed by atoms with Gasteiger partial charge in [0.1, 0.15) is 11.5 Å². The molecule has 2 nitrogen and oxygen atoms in total. The Morgan fingerprint density at radius 2 is 0.836 bits per heavy atom. The van der Waals surface area contributed by atoms with Gasteiger partial charge in [-0.05, 0) is 208 Å². The van der Waals surface area contributed by atoms with Gasteiger partial charge < -0.3 is 10.2 Å². The van der Waals surface area contributed by atoms with E-state index < -0.39 is 0 Å². The molecule has 55 heavy (non-hydrogen) atoms. The maximum atomic E-state index is 10.4. The van der Waals surface area contributed by atoms with Crippen molar-refractivity contribution in [2.24, 2.45) is 5.92 Å². The molecule has 2 heteroatoms. The summed E-state index contributed by atoms with van der Waals surface area (Å²) >= 11 is 0. The van der Waals surface area contributed by atoms with E-state index >= 15 is 0 Å². The smallest absolute Gasteiger partial charge is 0.122 e. The van der Waals surface area contributed by atoms with E-state index in [-0.39, 0.29) is 5.75 Å². The average Bonchev–Trinajstić information content (AvgIpc) is 3.11. The summed E-state index contributed by atoms with van der Waals surface area (Å²) in [4.78, 5) is 0. The van der Waals surface area contributed by atoms with Crippen molar-refractivity contribution in [3.63, 3.8) is 0 Å². The molecule has 0 bridgehead atoms. The lowest BCUT2D eigenvalue weighted by molar-refractivity contribution is 0.448. The first-order valence-electron chi connectivity index (χ1n) is 21.8. The van der Waals surface area contributed by atoms with E-state index in [2.05, 4.69) is 118 Å². The van der Waals surface area contributed by atoms with Crippen molar-refractivity contribution in [1.29, 1.82) is 0 Å². The third-order valence-electron chi connectivity index (χ3n) is 11.3. The summed E-state index contributed by atoms with van der Waals surface area (Å²) in [5, 5.41) is 20.6. The molecule has 0 amide bonds. The third-order valence-corrected chi connectivity index (χ3v) is 11.3. The molecule has 1 aromatic carbocycles. The van der Waals surface area contributed by atoms with E-state index in [1.807, 2.05) is 13.8 Å². The Labute approximate surface area is 341 Å². The summed E-state index contributed by atoms with van der Waals surface area (Å²) in [6, 6.07) is 1.69. The van der Waals surface area contributed by atoms with Crippen LogP contribution in [0.4, 0.5) is 0 Å². The van der Waals surface area contributed by atoms with Gasteiger partial charge in [-0.15, -0.1) is 0 Å². The first-order valence-corrected chi connectivity index (χ1v) is 21.8. The van der Waals surface area contributed by atoms with Crippen molar-refractivity contribution in [1.82, 2.24) is 0 Å². The van der Waals surface area contributed by atoms with Crippen LogP contribution in [0.3, 0.4) is 0 Å². The molecule has 0 aliphatic carbocycles. The molecule has 0 spiro atoms. The third kappa shape index (κ3) is 24.8. The van der Waals surface area contributed by atoms with Gasteiger partial charge in [0.25, 0.3) is 0 Å². The summed E-state index contributed by atoms with van der Waals surface area (Å²) in [7, 11) is 0. The van der Waals surface area contributed by atoms with Crippen LogP contribution in [0.2, 0.25) is 0 Å². The number of allylic oxidation sites excluding steroid dienone is 16. The van der Waals surface area contributed by atoms with Crippen molar-refractivity contribution in [3.8, 4) is 11.5 Å². The number of rotatable bonds is 27. The number of phenolic OH excluding ortho intramolecular Hbond substituents is 2. The van der Waals surface area contributed by atoms with Gasteiger partial charge in [0.05, 0.1) is 0 Å². The number of hydrogen-bond donors (Lipinski definition) is 2. The molecule has 0 saturated carbocycles. The van der Waals surface area contributed by atoms with Crippen molar-refractivity contribution in [3.05, 3.63) is 116 Å². The molecule has 0 radical (unpaired) electrons. The highest BCUT2D eigenvalue weighted by molar-refractivity contribution is 5.51. The highest BCUT2D eigenvalue weighted by atomic mass is 16.3. The lowest BCUT2D eigenvalue weighted by atomic mass is 9.96. The van der Waals surface area contributed by atoms with E-state index in [9.17, 15) is 10.2 Å². The van der Waals surface area contributed by atoms with Gasteiger partial charge in [-0.3, -0.25) is 0 Å².